The van der Waals surface area contributed by atoms with Gasteiger partial charge in [0.25, 0.3) is 0 Å². The van der Waals surface area contributed by atoms with E-state index in [1.165, 1.54) is 13.2 Å². The highest BCUT2D eigenvalue weighted by Crippen LogP contribution is 2.19. The number of sulfonamides is 1. The molecule has 1 aliphatic rings. The van der Waals surface area contributed by atoms with Crippen LogP contribution in [0.25, 0.3) is 0 Å². The molecule has 1 heterocycles. The standard InChI is InChI=1S/C14H22N2O3S/c1-16-8-6-12(7-9-16)11-15-20(17,18)14-5-3-4-13(10-14)19-2/h3-5,10,12,15H,6-9,11H2,1-2H3. The van der Waals surface area contributed by atoms with E-state index in [9.17, 15) is 8.42 Å². The Balaban J connectivity index is 1.96. The highest BCUT2D eigenvalue weighted by Gasteiger charge is 2.20. The highest BCUT2D eigenvalue weighted by atomic mass is 32.2. The van der Waals surface area contributed by atoms with E-state index in [-0.39, 0.29) is 4.90 Å². The first-order chi connectivity index (χ1) is 9.51. The van der Waals surface area contributed by atoms with Crippen LogP contribution >= 0.6 is 0 Å². The Morgan fingerprint density at radius 3 is 2.70 bits per heavy atom. The maximum Gasteiger partial charge on any atom is 0.240 e. The zero-order valence-corrected chi connectivity index (χ0v) is 12.8. The Labute approximate surface area is 121 Å². The molecule has 2 rings (SSSR count). The molecule has 0 spiro atoms. The minimum atomic E-state index is -3.45. The maximum atomic E-state index is 12.2. The number of benzene rings is 1. The van der Waals surface area contributed by atoms with E-state index >= 15 is 0 Å². The van der Waals surface area contributed by atoms with Crippen molar-refractivity contribution in [2.24, 2.45) is 5.92 Å². The Hall–Kier alpha value is -1.11. The third-order valence-corrected chi connectivity index (χ3v) is 5.17. The summed E-state index contributed by atoms with van der Waals surface area (Å²) in [5.41, 5.74) is 0. The number of hydrogen-bond donors (Lipinski definition) is 1. The van der Waals surface area contributed by atoms with Gasteiger partial charge in [0.15, 0.2) is 0 Å². The highest BCUT2D eigenvalue weighted by molar-refractivity contribution is 7.89. The van der Waals surface area contributed by atoms with Crippen LogP contribution in [-0.4, -0.2) is 47.1 Å². The summed E-state index contributed by atoms with van der Waals surface area (Å²) in [6.45, 7) is 2.57. The van der Waals surface area contributed by atoms with Crippen LogP contribution in [0, 0.1) is 5.92 Å². The van der Waals surface area contributed by atoms with Crippen LogP contribution in [0.1, 0.15) is 12.8 Å². The van der Waals surface area contributed by atoms with Gasteiger partial charge >= 0.3 is 0 Å². The van der Waals surface area contributed by atoms with Gasteiger partial charge in [0, 0.05) is 12.6 Å². The van der Waals surface area contributed by atoms with Gasteiger partial charge in [0.2, 0.25) is 10.0 Å². The minimum absolute atomic E-state index is 0.254. The molecule has 1 aromatic carbocycles. The molecule has 1 N–H and O–H groups in total. The third kappa shape index (κ3) is 3.94. The summed E-state index contributed by atoms with van der Waals surface area (Å²) in [5, 5.41) is 0. The van der Waals surface area contributed by atoms with Gasteiger partial charge in [-0.2, -0.15) is 0 Å². The van der Waals surface area contributed by atoms with Crippen LogP contribution in [-0.2, 0) is 10.0 Å². The van der Waals surface area contributed by atoms with Gasteiger partial charge in [-0.3, -0.25) is 0 Å². The lowest BCUT2D eigenvalue weighted by atomic mass is 9.98. The van der Waals surface area contributed by atoms with Crippen molar-refractivity contribution in [2.45, 2.75) is 17.7 Å². The average molecular weight is 298 g/mol. The summed E-state index contributed by atoms with van der Waals surface area (Å²) in [7, 11) is 0.170. The topological polar surface area (TPSA) is 58.6 Å². The Kier molecular flexibility index (Phi) is 5.01. The summed E-state index contributed by atoms with van der Waals surface area (Å²) >= 11 is 0. The number of methoxy groups -OCH3 is 1. The third-order valence-electron chi connectivity index (χ3n) is 3.75. The first-order valence-corrected chi connectivity index (χ1v) is 8.32. The van der Waals surface area contributed by atoms with E-state index in [0.29, 0.717) is 18.2 Å². The summed E-state index contributed by atoms with van der Waals surface area (Å²) in [6.07, 6.45) is 2.08. The molecule has 0 radical (unpaired) electrons. The van der Waals surface area contributed by atoms with Gasteiger partial charge in [0.1, 0.15) is 5.75 Å². The SMILES string of the molecule is COc1cccc(S(=O)(=O)NCC2CCN(C)CC2)c1. The summed E-state index contributed by atoms with van der Waals surface area (Å²) in [6, 6.07) is 6.54. The van der Waals surface area contributed by atoms with Crippen LogP contribution in [0.3, 0.4) is 0 Å². The molecule has 0 aliphatic carbocycles. The van der Waals surface area contributed by atoms with Gasteiger partial charge in [-0.05, 0) is 51.0 Å². The van der Waals surface area contributed by atoms with Gasteiger partial charge < -0.3 is 9.64 Å². The Morgan fingerprint density at radius 1 is 1.35 bits per heavy atom. The molecule has 1 saturated heterocycles. The molecule has 0 atom stereocenters. The second kappa shape index (κ2) is 6.56. The van der Waals surface area contributed by atoms with Crippen molar-refractivity contribution >= 4 is 10.0 Å². The number of likely N-dealkylation sites (tertiary alicyclic amines) is 1. The van der Waals surface area contributed by atoms with Crippen LogP contribution in [0.15, 0.2) is 29.2 Å². The largest absolute Gasteiger partial charge is 0.497 e. The number of piperidine rings is 1. The first kappa shape index (κ1) is 15.3. The van der Waals surface area contributed by atoms with Crippen LogP contribution in [0.4, 0.5) is 0 Å². The lowest BCUT2D eigenvalue weighted by Crippen LogP contribution is -2.36. The minimum Gasteiger partial charge on any atom is -0.497 e. The molecule has 6 heteroatoms. The van der Waals surface area contributed by atoms with E-state index in [0.717, 1.165) is 25.9 Å². The fourth-order valence-corrected chi connectivity index (χ4v) is 3.50. The molecule has 5 nitrogen and oxygen atoms in total. The van der Waals surface area contributed by atoms with E-state index < -0.39 is 10.0 Å². The predicted octanol–water partition coefficient (Wildman–Crippen LogP) is 1.32. The Morgan fingerprint density at radius 2 is 2.05 bits per heavy atom. The lowest BCUT2D eigenvalue weighted by Gasteiger charge is -2.28. The van der Waals surface area contributed by atoms with E-state index in [2.05, 4.69) is 16.7 Å². The van der Waals surface area contributed by atoms with Gasteiger partial charge in [0.05, 0.1) is 12.0 Å². The second-order valence-corrected chi connectivity index (χ2v) is 7.04. The number of nitrogens with zero attached hydrogens (tertiary/aromatic N) is 1. The molecule has 1 fully saturated rings. The fraction of sp³-hybridized carbons (Fsp3) is 0.571. The summed E-state index contributed by atoms with van der Waals surface area (Å²) < 4.78 is 32.2. The van der Waals surface area contributed by atoms with E-state index in [1.807, 2.05) is 0 Å². The van der Waals surface area contributed by atoms with Crippen molar-refractivity contribution in [1.82, 2.24) is 9.62 Å². The lowest BCUT2D eigenvalue weighted by molar-refractivity contribution is 0.220. The van der Waals surface area contributed by atoms with Gasteiger partial charge in [-0.25, -0.2) is 13.1 Å². The maximum absolute atomic E-state index is 12.2. The number of hydrogen-bond acceptors (Lipinski definition) is 4. The molecule has 112 valence electrons. The predicted molar refractivity (Wildman–Crippen MR) is 78.4 cm³/mol. The number of nitrogens with one attached hydrogen (secondary N) is 1. The molecule has 0 bridgehead atoms. The molecule has 20 heavy (non-hydrogen) atoms. The van der Waals surface area contributed by atoms with Crippen molar-refractivity contribution in [3.8, 4) is 5.75 Å². The van der Waals surface area contributed by atoms with Crippen molar-refractivity contribution in [3.63, 3.8) is 0 Å². The smallest absolute Gasteiger partial charge is 0.240 e. The van der Waals surface area contributed by atoms with E-state index in [4.69, 9.17) is 4.74 Å². The number of ether oxygens (including phenoxy) is 1. The van der Waals surface area contributed by atoms with Crippen LogP contribution < -0.4 is 9.46 Å². The zero-order valence-electron chi connectivity index (χ0n) is 12.0. The summed E-state index contributed by atoms with van der Waals surface area (Å²) in [5.74, 6) is 0.971. The van der Waals surface area contributed by atoms with Crippen LogP contribution in [0.2, 0.25) is 0 Å². The normalized spacial score (nSPS) is 18.1. The second-order valence-electron chi connectivity index (χ2n) is 5.28. The van der Waals surface area contributed by atoms with Gasteiger partial charge in [-0.1, -0.05) is 6.07 Å². The molecular weight excluding hydrogens is 276 g/mol. The Bertz CT molecular complexity index is 537. The molecule has 0 aromatic heterocycles. The first-order valence-electron chi connectivity index (χ1n) is 6.83. The van der Waals surface area contributed by atoms with E-state index in [1.54, 1.807) is 18.2 Å². The van der Waals surface area contributed by atoms with Gasteiger partial charge in [-0.15, -0.1) is 0 Å². The van der Waals surface area contributed by atoms with Crippen molar-refractivity contribution in [1.29, 1.82) is 0 Å². The molecule has 0 saturated carbocycles. The molecular formula is C14H22N2O3S. The average Bonchev–Trinajstić information content (AvgIpc) is 2.47. The molecule has 0 unspecified atom stereocenters. The quantitative estimate of drug-likeness (QED) is 0.890. The van der Waals surface area contributed by atoms with Crippen LogP contribution in [0.5, 0.6) is 5.75 Å². The summed E-state index contributed by atoms with van der Waals surface area (Å²) in [4.78, 5) is 2.53. The van der Waals surface area contributed by atoms with Crippen molar-refractivity contribution in [3.05, 3.63) is 24.3 Å². The zero-order chi connectivity index (χ0) is 14.6. The fourth-order valence-electron chi connectivity index (χ4n) is 2.35. The molecule has 0 amide bonds. The molecule has 1 aromatic rings. The number of rotatable bonds is 5. The monoisotopic (exact) mass is 298 g/mol. The van der Waals surface area contributed by atoms with Crippen molar-refractivity contribution in [2.75, 3.05) is 33.8 Å². The van der Waals surface area contributed by atoms with Crippen molar-refractivity contribution < 1.29 is 13.2 Å². The molecule has 1 aliphatic heterocycles.